The molecule has 0 heterocycles. The first kappa shape index (κ1) is 15.1. The summed E-state index contributed by atoms with van der Waals surface area (Å²) in [6, 6.07) is 4.12. The molecule has 0 bridgehead atoms. The second-order valence-corrected chi connectivity index (χ2v) is 5.62. The maximum atomic E-state index is 13.6. The number of carbonyl (C=O) groups is 1. The number of hydrogen-bond acceptors (Lipinski definition) is 2. The maximum Gasteiger partial charge on any atom is 0.239 e. The zero-order chi connectivity index (χ0) is 13.9. The van der Waals surface area contributed by atoms with Gasteiger partial charge in [0.2, 0.25) is 5.91 Å². The van der Waals surface area contributed by atoms with E-state index < -0.39 is 6.04 Å². The highest BCUT2D eigenvalue weighted by molar-refractivity contribution is 9.10. The van der Waals surface area contributed by atoms with Crippen molar-refractivity contribution >= 4 is 21.8 Å². The van der Waals surface area contributed by atoms with Crippen molar-refractivity contribution < 1.29 is 9.18 Å². The lowest BCUT2D eigenvalue weighted by Gasteiger charge is -2.23. The Bertz CT molecular complexity index is 437. The minimum absolute atomic E-state index is 0.0623. The second kappa shape index (κ2) is 6.29. The van der Waals surface area contributed by atoms with Crippen LogP contribution in [0, 0.1) is 11.7 Å². The van der Waals surface area contributed by atoms with Crippen LogP contribution in [0.4, 0.5) is 4.39 Å². The van der Waals surface area contributed by atoms with Crippen LogP contribution in [0.15, 0.2) is 22.7 Å². The molecule has 0 saturated heterocycles. The van der Waals surface area contributed by atoms with E-state index >= 15 is 0 Å². The monoisotopic (exact) mass is 316 g/mol. The van der Waals surface area contributed by atoms with Gasteiger partial charge in [-0.15, -0.1) is 0 Å². The number of benzene rings is 1. The smallest absolute Gasteiger partial charge is 0.239 e. The van der Waals surface area contributed by atoms with Gasteiger partial charge >= 0.3 is 0 Å². The minimum atomic E-state index is -0.551. The van der Waals surface area contributed by atoms with Gasteiger partial charge in [-0.2, -0.15) is 0 Å². The van der Waals surface area contributed by atoms with Gasteiger partial charge < -0.3 is 10.6 Å². The first-order valence-corrected chi connectivity index (χ1v) is 6.56. The Hall–Kier alpha value is -0.940. The molecule has 1 aromatic rings. The summed E-state index contributed by atoms with van der Waals surface area (Å²) in [5.74, 6) is -0.437. The molecule has 18 heavy (non-hydrogen) atoms. The lowest BCUT2D eigenvalue weighted by atomic mass is 10.0. The van der Waals surface area contributed by atoms with Crippen molar-refractivity contribution in [1.82, 2.24) is 4.90 Å². The van der Waals surface area contributed by atoms with E-state index in [9.17, 15) is 9.18 Å². The average molecular weight is 317 g/mol. The molecule has 0 unspecified atom stereocenters. The Balaban J connectivity index is 2.78. The molecule has 1 aromatic carbocycles. The fourth-order valence-corrected chi connectivity index (χ4v) is 1.95. The summed E-state index contributed by atoms with van der Waals surface area (Å²) in [6.45, 7) is 3.98. The fourth-order valence-electron chi connectivity index (χ4n) is 1.54. The van der Waals surface area contributed by atoms with E-state index in [0.29, 0.717) is 5.56 Å². The summed E-state index contributed by atoms with van der Waals surface area (Å²) in [7, 11) is 1.63. The van der Waals surface area contributed by atoms with Gasteiger partial charge in [0.15, 0.2) is 0 Å². The molecule has 0 aliphatic rings. The van der Waals surface area contributed by atoms with Gasteiger partial charge in [0.05, 0.1) is 6.04 Å². The van der Waals surface area contributed by atoms with Crippen LogP contribution in [0.3, 0.4) is 0 Å². The molecule has 2 N–H and O–H groups in total. The highest BCUT2D eigenvalue weighted by Gasteiger charge is 2.21. The summed E-state index contributed by atoms with van der Waals surface area (Å²) >= 11 is 3.28. The Kier molecular flexibility index (Phi) is 5.28. The Morgan fingerprint density at radius 1 is 1.50 bits per heavy atom. The highest BCUT2D eigenvalue weighted by atomic mass is 79.9. The second-order valence-electron chi connectivity index (χ2n) is 4.70. The van der Waals surface area contributed by atoms with Crippen molar-refractivity contribution in [1.29, 1.82) is 0 Å². The van der Waals surface area contributed by atoms with E-state index in [1.54, 1.807) is 19.2 Å². The lowest BCUT2D eigenvalue weighted by Crippen LogP contribution is -2.44. The number of halogens is 2. The van der Waals surface area contributed by atoms with Crippen molar-refractivity contribution in [2.45, 2.75) is 26.4 Å². The molecule has 0 fully saturated rings. The van der Waals surface area contributed by atoms with E-state index in [4.69, 9.17) is 5.73 Å². The summed E-state index contributed by atoms with van der Waals surface area (Å²) < 4.78 is 14.3. The fraction of sp³-hybridized carbons (Fsp3) is 0.462. The van der Waals surface area contributed by atoms with Crippen LogP contribution in [-0.4, -0.2) is 23.9 Å². The van der Waals surface area contributed by atoms with Gasteiger partial charge in [0.1, 0.15) is 5.82 Å². The van der Waals surface area contributed by atoms with Crippen LogP contribution in [0.1, 0.15) is 19.4 Å². The van der Waals surface area contributed by atoms with Crippen LogP contribution < -0.4 is 5.73 Å². The third-order valence-corrected chi connectivity index (χ3v) is 3.29. The Morgan fingerprint density at radius 3 is 2.67 bits per heavy atom. The number of hydrogen-bond donors (Lipinski definition) is 1. The Labute approximate surface area is 115 Å². The standard InChI is InChI=1S/C13H18BrFN2O/c1-8(2)12(16)13(18)17(3)7-9-6-10(14)4-5-11(9)15/h4-6,8,12H,7,16H2,1-3H3/t12-/m0/s1. The van der Waals surface area contributed by atoms with Crippen molar-refractivity contribution in [3.05, 3.63) is 34.1 Å². The van der Waals surface area contributed by atoms with Crippen LogP contribution in [0.25, 0.3) is 0 Å². The predicted molar refractivity (Wildman–Crippen MR) is 73.4 cm³/mol. The zero-order valence-corrected chi connectivity index (χ0v) is 12.4. The minimum Gasteiger partial charge on any atom is -0.340 e. The van der Waals surface area contributed by atoms with Gasteiger partial charge in [-0.05, 0) is 24.1 Å². The molecule has 1 atom stereocenters. The number of amides is 1. The van der Waals surface area contributed by atoms with Crippen molar-refractivity contribution in [2.75, 3.05) is 7.05 Å². The molecule has 0 aliphatic carbocycles. The highest BCUT2D eigenvalue weighted by Crippen LogP contribution is 2.17. The molecule has 0 radical (unpaired) electrons. The third kappa shape index (κ3) is 3.78. The summed E-state index contributed by atoms with van der Waals surface area (Å²) in [5.41, 5.74) is 6.26. The van der Waals surface area contributed by atoms with E-state index in [2.05, 4.69) is 15.9 Å². The lowest BCUT2D eigenvalue weighted by molar-refractivity contribution is -0.132. The van der Waals surface area contributed by atoms with Crippen LogP contribution in [0.2, 0.25) is 0 Å². The number of carbonyl (C=O) groups excluding carboxylic acids is 1. The Morgan fingerprint density at radius 2 is 2.11 bits per heavy atom. The van der Waals surface area contributed by atoms with E-state index in [-0.39, 0.29) is 24.2 Å². The molecule has 3 nitrogen and oxygen atoms in total. The number of nitrogens with zero attached hydrogens (tertiary/aromatic N) is 1. The first-order valence-electron chi connectivity index (χ1n) is 5.77. The molecule has 5 heteroatoms. The quantitative estimate of drug-likeness (QED) is 0.927. The van der Waals surface area contributed by atoms with E-state index in [0.717, 1.165) is 4.47 Å². The zero-order valence-electron chi connectivity index (χ0n) is 10.8. The molecule has 0 saturated carbocycles. The SMILES string of the molecule is CC(C)[C@H](N)C(=O)N(C)Cc1cc(Br)ccc1F. The average Bonchev–Trinajstić information content (AvgIpc) is 2.31. The van der Waals surface area contributed by atoms with Gasteiger partial charge in [-0.25, -0.2) is 4.39 Å². The van der Waals surface area contributed by atoms with Crippen molar-refractivity contribution in [2.24, 2.45) is 11.7 Å². The van der Waals surface area contributed by atoms with Gasteiger partial charge in [0, 0.05) is 23.6 Å². The first-order chi connectivity index (χ1) is 8.32. The van der Waals surface area contributed by atoms with Crippen LogP contribution in [0.5, 0.6) is 0 Å². The topological polar surface area (TPSA) is 46.3 Å². The molecular formula is C13H18BrFN2O. The number of likely N-dealkylation sites (N-methyl/N-ethyl adjacent to an activating group) is 1. The molecule has 100 valence electrons. The summed E-state index contributed by atoms with van der Waals surface area (Å²) in [4.78, 5) is 13.4. The van der Waals surface area contributed by atoms with Crippen molar-refractivity contribution in [3.8, 4) is 0 Å². The van der Waals surface area contributed by atoms with E-state index in [1.165, 1.54) is 11.0 Å². The molecule has 1 amide bonds. The summed E-state index contributed by atoms with van der Waals surface area (Å²) in [6.07, 6.45) is 0. The number of rotatable bonds is 4. The van der Waals surface area contributed by atoms with E-state index in [1.807, 2.05) is 13.8 Å². The number of nitrogens with two attached hydrogens (primary N) is 1. The van der Waals surface area contributed by atoms with Gasteiger partial charge in [-0.1, -0.05) is 29.8 Å². The molecule has 0 spiro atoms. The molecule has 0 aliphatic heterocycles. The largest absolute Gasteiger partial charge is 0.340 e. The normalized spacial score (nSPS) is 12.6. The van der Waals surface area contributed by atoms with Gasteiger partial charge in [-0.3, -0.25) is 4.79 Å². The predicted octanol–water partition coefficient (Wildman–Crippen LogP) is 2.53. The van der Waals surface area contributed by atoms with Crippen LogP contribution in [-0.2, 0) is 11.3 Å². The summed E-state index contributed by atoms with van der Waals surface area (Å²) in [5, 5.41) is 0. The van der Waals surface area contributed by atoms with Crippen LogP contribution >= 0.6 is 15.9 Å². The molecule has 1 rings (SSSR count). The molecular weight excluding hydrogens is 299 g/mol. The third-order valence-electron chi connectivity index (χ3n) is 2.79. The molecule has 0 aromatic heterocycles. The van der Waals surface area contributed by atoms with Gasteiger partial charge in [0.25, 0.3) is 0 Å². The van der Waals surface area contributed by atoms with Crippen molar-refractivity contribution in [3.63, 3.8) is 0 Å². The maximum absolute atomic E-state index is 13.6.